The predicted molar refractivity (Wildman–Crippen MR) is 95.4 cm³/mol. The molecule has 3 rings (SSSR count). The number of para-hydroxylation sites is 1. The number of hydrogen-bond acceptors (Lipinski definition) is 5. The van der Waals surface area contributed by atoms with Gasteiger partial charge < -0.3 is 16.2 Å². The van der Waals surface area contributed by atoms with Gasteiger partial charge in [0.25, 0.3) is 5.91 Å². The van der Waals surface area contributed by atoms with Gasteiger partial charge in [0.1, 0.15) is 17.4 Å². The molecule has 0 bridgehead atoms. The summed E-state index contributed by atoms with van der Waals surface area (Å²) in [6.07, 6.45) is 0. The van der Waals surface area contributed by atoms with E-state index in [9.17, 15) is 9.59 Å². The first-order valence-corrected chi connectivity index (χ1v) is 8.29. The molecule has 3 aromatic rings. The number of nitrogens with zero attached hydrogens (tertiary/aromatic N) is 1. The first-order valence-electron chi connectivity index (χ1n) is 7.41. The van der Waals surface area contributed by atoms with Crippen molar-refractivity contribution in [1.29, 1.82) is 0 Å². The molecule has 2 aromatic carbocycles. The van der Waals surface area contributed by atoms with E-state index in [0.717, 1.165) is 16.3 Å². The van der Waals surface area contributed by atoms with E-state index in [1.54, 1.807) is 48.5 Å². The van der Waals surface area contributed by atoms with Crippen LogP contribution < -0.4 is 16.2 Å². The summed E-state index contributed by atoms with van der Waals surface area (Å²) in [5, 5.41) is 2.68. The summed E-state index contributed by atoms with van der Waals surface area (Å²) in [7, 11) is 0. The normalized spacial score (nSPS) is 10.4. The fraction of sp³-hybridized carbons (Fsp3) is 0.0556. The molecule has 0 fully saturated rings. The molecule has 0 spiro atoms. The first-order chi connectivity index (χ1) is 12.0. The summed E-state index contributed by atoms with van der Waals surface area (Å²) < 4.78 is 5.67. The van der Waals surface area contributed by atoms with Crippen LogP contribution in [-0.2, 0) is 6.61 Å². The average molecular weight is 353 g/mol. The van der Waals surface area contributed by atoms with E-state index in [-0.39, 0.29) is 6.61 Å². The highest BCUT2D eigenvalue weighted by Gasteiger charge is 2.10. The topological polar surface area (TPSA) is 108 Å². The van der Waals surface area contributed by atoms with Crippen LogP contribution in [0.1, 0.15) is 26.4 Å². The van der Waals surface area contributed by atoms with Gasteiger partial charge in [0.15, 0.2) is 0 Å². The van der Waals surface area contributed by atoms with E-state index in [4.69, 9.17) is 16.2 Å². The van der Waals surface area contributed by atoms with Gasteiger partial charge in [-0.05, 0) is 24.3 Å². The first kappa shape index (κ1) is 16.7. The number of ether oxygens (including phenoxy) is 1. The van der Waals surface area contributed by atoms with Crippen LogP contribution in [0.5, 0.6) is 5.75 Å². The van der Waals surface area contributed by atoms with Gasteiger partial charge in [-0.15, -0.1) is 11.3 Å². The van der Waals surface area contributed by atoms with Crippen molar-refractivity contribution in [3.05, 3.63) is 70.7 Å². The van der Waals surface area contributed by atoms with Crippen molar-refractivity contribution in [3.8, 4) is 16.3 Å². The molecule has 0 unspecified atom stereocenters. The highest BCUT2D eigenvalue weighted by molar-refractivity contribution is 7.13. The van der Waals surface area contributed by atoms with Crippen molar-refractivity contribution in [3.63, 3.8) is 0 Å². The molecule has 0 saturated heterocycles. The van der Waals surface area contributed by atoms with Crippen LogP contribution >= 0.6 is 11.3 Å². The number of aromatic nitrogens is 1. The Kier molecular flexibility index (Phi) is 4.76. The molecule has 1 aromatic heterocycles. The summed E-state index contributed by atoms with van der Waals surface area (Å²) in [5.74, 6) is -0.577. The van der Waals surface area contributed by atoms with E-state index in [2.05, 4.69) is 4.98 Å². The Bertz CT molecular complexity index is 919. The quantitative estimate of drug-likeness (QED) is 0.710. The zero-order valence-corrected chi connectivity index (χ0v) is 14.0. The molecule has 6 nitrogen and oxygen atoms in total. The molecular formula is C18H15N3O3S. The van der Waals surface area contributed by atoms with E-state index < -0.39 is 11.8 Å². The Morgan fingerprint density at radius 2 is 1.72 bits per heavy atom. The summed E-state index contributed by atoms with van der Waals surface area (Å²) >= 11 is 1.46. The van der Waals surface area contributed by atoms with Crippen LogP contribution in [-0.4, -0.2) is 16.8 Å². The zero-order valence-electron chi connectivity index (χ0n) is 13.1. The molecule has 0 aliphatic carbocycles. The molecule has 2 amide bonds. The molecule has 0 radical (unpaired) electrons. The van der Waals surface area contributed by atoms with Gasteiger partial charge in [0.2, 0.25) is 5.91 Å². The van der Waals surface area contributed by atoms with Crippen LogP contribution in [0.3, 0.4) is 0 Å². The van der Waals surface area contributed by atoms with E-state index in [1.165, 1.54) is 11.3 Å². The Labute approximate surface area is 148 Å². The fourth-order valence-corrected chi connectivity index (χ4v) is 3.04. The highest BCUT2D eigenvalue weighted by Crippen LogP contribution is 2.25. The third-order valence-corrected chi connectivity index (χ3v) is 4.44. The van der Waals surface area contributed by atoms with Crippen LogP contribution in [0.4, 0.5) is 0 Å². The van der Waals surface area contributed by atoms with E-state index in [1.807, 2.05) is 5.38 Å². The maximum Gasteiger partial charge on any atom is 0.252 e. The number of primary amides is 2. The summed E-state index contributed by atoms with van der Waals surface area (Å²) in [5.41, 5.74) is 13.0. The number of nitrogens with two attached hydrogens (primary N) is 2. The van der Waals surface area contributed by atoms with Crippen molar-refractivity contribution in [2.24, 2.45) is 11.5 Å². The van der Waals surface area contributed by atoms with Crippen molar-refractivity contribution in [2.75, 3.05) is 0 Å². The number of rotatable bonds is 6. The molecule has 0 saturated carbocycles. The van der Waals surface area contributed by atoms with Gasteiger partial charge in [-0.3, -0.25) is 9.59 Å². The predicted octanol–water partition coefficient (Wildman–Crippen LogP) is 2.59. The lowest BCUT2D eigenvalue weighted by atomic mass is 10.1. The van der Waals surface area contributed by atoms with Crippen LogP contribution in [0.15, 0.2) is 53.9 Å². The maximum atomic E-state index is 11.4. The standard InChI is InChI=1S/C18H15N3O3S/c19-16(22)11-5-7-12(8-6-11)18-21-13(10-25-18)9-24-15-4-2-1-3-14(15)17(20)23/h1-8,10H,9H2,(H2,19,22)(H2,20,23). The summed E-state index contributed by atoms with van der Waals surface area (Å²) in [4.78, 5) is 27.0. The van der Waals surface area contributed by atoms with Crippen molar-refractivity contribution in [1.82, 2.24) is 4.98 Å². The third-order valence-electron chi connectivity index (χ3n) is 3.50. The van der Waals surface area contributed by atoms with Crippen molar-refractivity contribution in [2.45, 2.75) is 6.61 Å². The van der Waals surface area contributed by atoms with E-state index in [0.29, 0.717) is 16.9 Å². The molecule has 25 heavy (non-hydrogen) atoms. The number of benzene rings is 2. The molecule has 0 atom stereocenters. The summed E-state index contributed by atoms with van der Waals surface area (Å²) in [6, 6.07) is 13.7. The SMILES string of the molecule is NC(=O)c1ccc(-c2nc(COc3ccccc3C(N)=O)cs2)cc1. The molecule has 0 aliphatic heterocycles. The second-order valence-corrected chi connectivity index (χ2v) is 6.09. The van der Waals surface area contributed by atoms with Crippen molar-refractivity contribution >= 4 is 23.2 Å². The van der Waals surface area contributed by atoms with Gasteiger partial charge in [0, 0.05) is 16.5 Å². The minimum atomic E-state index is -0.538. The van der Waals surface area contributed by atoms with Gasteiger partial charge in [-0.2, -0.15) is 0 Å². The molecule has 1 heterocycles. The Morgan fingerprint density at radius 3 is 2.40 bits per heavy atom. The molecule has 4 N–H and O–H groups in total. The van der Waals surface area contributed by atoms with Gasteiger partial charge in [-0.1, -0.05) is 24.3 Å². The Hall–Kier alpha value is -3.19. The van der Waals surface area contributed by atoms with E-state index >= 15 is 0 Å². The Balaban J connectivity index is 1.72. The number of carbonyl (C=O) groups is 2. The van der Waals surface area contributed by atoms with Gasteiger partial charge in [-0.25, -0.2) is 4.98 Å². The minimum Gasteiger partial charge on any atom is -0.486 e. The second-order valence-electron chi connectivity index (χ2n) is 5.23. The van der Waals surface area contributed by atoms with Crippen LogP contribution in [0.2, 0.25) is 0 Å². The lowest BCUT2D eigenvalue weighted by Gasteiger charge is -2.07. The maximum absolute atomic E-state index is 11.4. The third kappa shape index (κ3) is 3.84. The molecule has 126 valence electrons. The van der Waals surface area contributed by atoms with Crippen LogP contribution in [0.25, 0.3) is 10.6 Å². The van der Waals surface area contributed by atoms with Gasteiger partial charge in [0.05, 0.1) is 11.3 Å². The van der Waals surface area contributed by atoms with Crippen LogP contribution in [0, 0.1) is 0 Å². The van der Waals surface area contributed by atoms with Gasteiger partial charge >= 0.3 is 0 Å². The highest BCUT2D eigenvalue weighted by atomic mass is 32.1. The number of amides is 2. The number of carbonyl (C=O) groups excluding carboxylic acids is 2. The monoisotopic (exact) mass is 353 g/mol. The fourth-order valence-electron chi connectivity index (χ4n) is 2.23. The average Bonchev–Trinajstić information content (AvgIpc) is 3.09. The number of thiazole rings is 1. The molecule has 0 aliphatic rings. The summed E-state index contributed by atoms with van der Waals surface area (Å²) in [6.45, 7) is 0.222. The van der Waals surface area contributed by atoms with Crippen molar-refractivity contribution < 1.29 is 14.3 Å². The number of hydrogen-bond donors (Lipinski definition) is 2. The molecule has 7 heteroatoms. The Morgan fingerprint density at radius 1 is 1.00 bits per heavy atom. The second kappa shape index (κ2) is 7.14. The zero-order chi connectivity index (χ0) is 17.8. The lowest BCUT2D eigenvalue weighted by Crippen LogP contribution is -2.12. The smallest absolute Gasteiger partial charge is 0.252 e. The molecular weight excluding hydrogens is 338 g/mol. The lowest BCUT2D eigenvalue weighted by molar-refractivity contribution is 0.0989. The minimum absolute atomic E-state index is 0.222. The largest absolute Gasteiger partial charge is 0.486 e.